The lowest BCUT2D eigenvalue weighted by molar-refractivity contribution is 0.102. The number of nitrogens with one attached hydrogen (secondary N) is 3. The van der Waals surface area contributed by atoms with Gasteiger partial charge in [-0.2, -0.15) is 0 Å². The van der Waals surface area contributed by atoms with Crippen molar-refractivity contribution in [3.63, 3.8) is 0 Å². The number of carbonyl (C=O) groups is 1. The molecule has 0 saturated carbocycles. The molecule has 146 valence electrons. The molecule has 0 unspecified atom stereocenters. The van der Waals surface area contributed by atoms with E-state index in [0.717, 1.165) is 5.56 Å². The number of H-pyrrole nitrogens is 1. The number of amides is 1. The molecule has 29 heavy (non-hydrogen) atoms. The summed E-state index contributed by atoms with van der Waals surface area (Å²) in [5, 5.41) is 7.15. The summed E-state index contributed by atoms with van der Waals surface area (Å²) in [6.07, 6.45) is 3.08. The molecule has 3 N–H and O–H groups in total. The zero-order valence-corrected chi connectivity index (χ0v) is 17.2. The predicted octanol–water partition coefficient (Wildman–Crippen LogP) is 5.62. The number of nitrogens with zero attached hydrogens (tertiary/aromatic N) is 3. The summed E-state index contributed by atoms with van der Waals surface area (Å²) in [6.45, 7) is 1.83. The number of para-hydroxylation sites is 1. The average molecular weight is 448 g/mol. The van der Waals surface area contributed by atoms with Gasteiger partial charge in [0.2, 0.25) is 5.95 Å². The zero-order chi connectivity index (χ0) is 20.5. The van der Waals surface area contributed by atoms with E-state index in [4.69, 9.17) is 34.8 Å². The normalized spacial score (nSPS) is 10.9. The third-order valence-electron chi connectivity index (χ3n) is 4.09. The lowest BCUT2D eigenvalue weighted by atomic mass is 10.3. The molecule has 0 aliphatic carbocycles. The minimum Gasteiger partial charge on any atom is -0.324 e. The van der Waals surface area contributed by atoms with Crippen LogP contribution in [0.5, 0.6) is 0 Å². The van der Waals surface area contributed by atoms with Gasteiger partial charge in [-0.05, 0) is 36.8 Å². The zero-order valence-electron chi connectivity index (χ0n) is 14.9. The Hall–Kier alpha value is -2.87. The highest BCUT2D eigenvalue weighted by molar-refractivity contribution is 6.39. The van der Waals surface area contributed by atoms with Crippen molar-refractivity contribution in [2.45, 2.75) is 6.92 Å². The second-order valence-electron chi connectivity index (χ2n) is 6.17. The van der Waals surface area contributed by atoms with Crippen LogP contribution < -0.4 is 10.6 Å². The van der Waals surface area contributed by atoms with Crippen LogP contribution in [0.1, 0.15) is 16.1 Å². The van der Waals surface area contributed by atoms with Crippen molar-refractivity contribution in [1.82, 2.24) is 19.9 Å². The van der Waals surface area contributed by atoms with E-state index < -0.39 is 5.91 Å². The van der Waals surface area contributed by atoms with Gasteiger partial charge in [-0.3, -0.25) is 4.79 Å². The quantitative estimate of drug-likeness (QED) is 0.377. The third kappa shape index (κ3) is 4.12. The molecule has 0 saturated heterocycles. The molecule has 4 aromatic rings. The van der Waals surface area contributed by atoms with Crippen molar-refractivity contribution >= 4 is 69.2 Å². The molecule has 0 radical (unpaired) electrons. The second-order valence-corrected chi connectivity index (χ2v) is 7.39. The van der Waals surface area contributed by atoms with E-state index in [1.54, 1.807) is 36.5 Å². The minimum absolute atomic E-state index is 0.196. The first kappa shape index (κ1) is 19.4. The van der Waals surface area contributed by atoms with Crippen LogP contribution in [0.3, 0.4) is 0 Å². The molecule has 0 fully saturated rings. The lowest BCUT2D eigenvalue weighted by Gasteiger charge is -2.06. The number of hydrogen-bond donors (Lipinski definition) is 3. The summed E-state index contributed by atoms with van der Waals surface area (Å²) in [6, 6.07) is 8.35. The third-order valence-corrected chi connectivity index (χ3v) is 5.12. The van der Waals surface area contributed by atoms with Gasteiger partial charge in [0.05, 0.1) is 27.4 Å². The number of benzene rings is 1. The van der Waals surface area contributed by atoms with E-state index in [-0.39, 0.29) is 5.69 Å². The van der Waals surface area contributed by atoms with Crippen LogP contribution in [-0.4, -0.2) is 25.8 Å². The van der Waals surface area contributed by atoms with Crippen molar-refractivity contribution in [2.75, 3.05) is 10.6 Å². The molecule has 3 heterocycles. The molecule has 3 aromatic heterocycles. The van der Waals surface area contributed by atoms with Crippen LogP contribution in [0.4, 0.5) is 17.5 Å². The Kier molecular flexibility index (Phi) is 5.27. The highest BCUT2D eigenvalue weighted by Crippen LogP contribution is 2.32. The molecule has 0 atom stereocenters. The molecule has 1 amide bonds. The first-order valence-corrected chi connectivity index (χ1v) is 9.54. The molecule has 0 bridgehead atoms. The van der Waals surface area contributed by atoms with Crippen LogP contribution in [-0.2, 0) is 0 Å². The molecular weight excluding hydrogens is 435 g/mol. The van der Waals surface area contributed by atoms with Gasteiger partial charge < -0.3 is 15.6 Å². The topological polar surface area (TPSA) is 95.6 Å². The maximum atomic E-state index is 12.5. The Labute approximate surface area is 180 Å². The number of fused-ring (bicyclic) bond motifs is 1. The van der Waals surface area contributed by atoms with Crippen molar-refractivity contribution < 1.29 is 4.79 Å². The number of anilines is 3. The summed E-state index contributed by atoms with van der Waals surface area (Å²) in [4.78, 5) is 28.3. The van der Waals surface area contributed by atoms with Gasteiger partial charge in [-0.15, -0.1) is 0 Å². The highest BCUT2D eigenvalue weighted by Gasteiger charge is 2.13. The van der Waals surface area contributed by atoms with Crippen LogP contribution in [0.2, 0.25) is 15.1 Å². The Bertz CT molecular complexity index is 1220. The number of carbonyl (C=O) groups excluding carboxylic acids is 1. The summed E-state index contributed by atoms with van der Waals surface area (Å²) < 4.78 is 0. The van der Waals surface area contributed by atoms with Crippen LogP contribution in [0, 0.1) is 6.92 Å². The monoisotopic (exact) mass is 446 g/mol. The number of aromatic amines is 1. The van der Waals surface area contributed by atoms with Crippen LogP contribution in [0.25, 0.3) is 11.0 Å². The number of aryl methyl sites for hydroxylation is 1. The largest absolute Gasteiger partial charge is 0.324 e. The standard InChI is InChI=1S/C19H13Cl3N6O/c1-9-7-24-16(5-12(9)22)27-18(29)14-6-13-15(8-23-14)26-19(25-13)28-17-10(20)3-2-4-11(17)21/h2-8H,1H3,(H,24,27,29)(H2,25,26,28). The van der Waals surface area contributed by atoms with E-state index in [0.29, 0.717) is 43.6 Å². The summed E-state index contributed by atoms with van der Waals surface area (Å²) in [7, 11) is 0. The summed E-state index contributed by atoms with van der Waals surface area (Å²) >= 11 is 18.4. The number of aromatic nitrogens is 4. The van der Waals surface area contributed by atoms with Gasteiger partial charge in [-0.1, -0.05) is 40.9 Å². The van der Waals surface area contributed by atoms with Gasteiger partial charge in [0.15, 0.2) is 0 Å². The first-order valence-electron chi connectivity index (χ1n) is 8.41. The van der Waals surface area contributed by atoms with Crippen molar-refractivity contribution in [2.24, 2.45) is 0 Å². The summed E-state index contributed by atoms with van der Waals surface area (Å²) in [5.74, 6) is 0.340. The maximum Gasteiger partial charge on any atom is 0.275 e. The second kappa shape index (κ2) is 7.87. The SMILES string of the molecule is Cc1cnc(NC(=O)c2cc3[nH]c(Nc4c(Cl)cccc4Cl)nc3cn2)cc1Cl. The van der Waals surface area contributed by atoms with Gasteiger partial charge >= 0.3 is 0 Å². The number of imidazole rings is 1. The molecule has 1 aromatic carbocycles. The number of halogens is 3. The summed E-state index contributed by atoms with van der Waals surface area (Å²) in [5.41, 5.74) is 2.74. The van der Waals surface area contributed by atoms with Crippen molar-refractivity contribution in [3.8, 4) is 0 Å². The van der Waals surface area contributed by atoms with Gasteiger partial charge in [-0.25, -0.2) is 15.0 Å². The molecule has 7 nitrogen and oxygen atoms in total. The highest BCUT2D eigenvalue weighted by atomic mass is 35.5. The lowest BCUT2D eigenvalue weighted by Crippen LogP contribution is -2.14. The molecular formula is C19H13Cl3N6O. The Morgan fingerprint density at radius 1 is 1.03 bits per heavy atom. The minimum atomic E-state index is -0.419. The number of hydrogen-bond acceptors (Lipinski definition) is 5. The fraction of sp³-hybridized carbons (Fsp3) is 0.0526. The van der Waals surface area contributed by atoms with E-state index in [1.165, 1.54) is 6.20 Å². The predicted molar refractivity (Wildman–Crippen MR) is 116 cm³/mol. The van der Waals surface area contributed by atoms with Crippen molar-refractivity contribution in [3.05, 3.63) is 69.1 Å². The van der Waals surface area contributed by atoms with Crippen LogP contribution >= 0.6 is 34.8 Å². The van der Waals surface area contributed by atoms with E-state index in [2.05, 4.69) is 30.6 Å². The van der Waals surface area contributed by atoms with Gasteiger partial charge in [0.1, 0.15) is 17.0 Å². The van der Waals surface area contributed by atoms with Crippen LogP contribution in [0.15, 0.2) is 42.7 Å². The number of pyridine rings is 2. The van der Waals surface area contributed by atoms with Gasteiger partial charge in [0.25, 0.3) is 5.91 Å². The Morgan fingerprint density at radius 3 is 2.52 bits per heavy atom. The molecule has 10 heteroatoms. The van der Waals surface area contributed by atoms with Crippen molar-refractivity contribution in [1.29, 1.82) is 0 Å². The average Bonchev–Trinajstić information content (AvgIpc) is 3.09. The molecule has 4 rings (SSSR count). The molecule has 0 aliphatic heterocycles. The Balaban J connectivity index is 1.58. The van der Waals surface area contributed by atoms with E-state index >= 15 is 0 Å². The molecule has 0 aliphatic rings. The molecule has 0 spiro atoms. The maximum absolute atomic E-state index is 12.5. The van der Waals surface area contributed by atoms with Gasteiger partial charge in [0, 0.05) is 11.2 Å². The fourth-order valence-electron chi connectivity index (χ4n) is 2.58. The number of rotatable bonds is 4. The Morgan fingerprint density at radius 2 is 1.79 bits per heavy atom. The van der Waals surface area contributed by atoms with E-state index in [1.807, 2.05) is 6.92 Å². The first-order chi connectivity index (χ1) is 13.9. The van der Waals surface area contributed by atoms with E-state index in [9.17, 15) is 4.79 Å². The smallest absolute Gasteiger partial charge is 0.275 e. The fourth-order valence-corrected chi connectivity index (χ4v) is 3.22.